The number of hydrogen-bond acceptors (Lipinski definition) is 1. The van der Waals surface area contributed by atoms with Crippen molar-refractivity contribution in [2.45, 2.75) is 25.8 Å². The summed E-state index contributed by atoms with van der Waals surface area (Å²) in [5.41, 5.74) is 2.05. The molecule has 1 unspecified atom stereocenters. The van der Waals surface area contributed by atoms with E-state index in [1.165, 1.54) is 0 Å². The number of aryl methyl sites for hydroxylation is 1. The van der Waals surface area contributed by atoms with Gasteiger partial charge in [0.15, 0.2) is 0 Å². The Morgan fingerprint density at radius 2 is 2.07 bits per heavy atom. The summed E-state index contributed by atoms with van der Waals surface area (Å²) in [7, 11) is 1.56. The van der Waals surface area contributed by atoms with Gasteiger partial charge in [0.25, 0.3) is 6.43 Å². The summed E-state index contributed by atoms with van der Waals surface area (Å²) < 4.78 is 24.8. The first-order valence-electron chi connectivity index (χ1n) is 4.64. The Balaban J connectivity index is 2.67. The molecule has 0 fully saturated rings. The third kappa shape index (κ3) is 3.07. The minimum Gasteiger partial charge on any atom is -0.312 e. The highest BCUT2D eigenvalue weighted by Crippen LogP contribution is 2.10. The van der Waals surface area contributed by atoms with Gasteiger partial charge >= 0.3 is 0 Å². The second-order valence-corrected chi connectivity index (χ2v) is 3.42. The average molecular weight is 199 g/mol. The Bertz CT molecular complexity index is 286. The number of likely N-dealkylation sites (N-methyl/N-ethyl adjacent to an activating group) is 1. The zero-order valence-corrected chi connectivity index (χ0v) is 8.43. The number of nitrogens with one attached hydrogen (secondary N) is 1. The number of alkyl halides is 2. The van der Waals surface area contributed by atoms with Crippen LogP contribution in [-0.2, 0) is 6.42 Å². The van der Waals surface area contributed by atoms with Crippen LogP contribution in [0.15, 0.2) is 24.3 Å². The van der Waals surface area contributed by atoms with E-state index in [1.807, 2.05) is 31.2 Å². The normalized spacial score (nSPS) is 13.2. The van der Waals surface area contributed by atoms with Crippen molar-refractivity contribution < 1.29 is 8.78 Å². The highest BCUT2D eigenvalue weighted by Gasteiger charge is 2.18. The molecule has 0 aromatic heterocycles. The summed E-state index contributed by atoms with van der Waals surface area (Å²) in [6.45, 7) is 1.96. The minimum atomic E-state index is -2.32. The molecule has 0 aliphatic heterocycles. The summed E-state index contributed by atoms with van der Waals surface area (Å²) in [6, 6.07) is 6.91. The van der Waals surface area contributed by atoms with Crippen molar-refractivity contribution in [1.29, 1.82) is 0 Å². The van der Waals surface area contributed by atoms with Crippen molar-refractivity contribution in [3.05, 3.63) is 35.4 Å². The van der Waals surface area contributed by atoms with E-state index in [1.54, 1.807) is 7.05 Å². The van der Waals surface area contributed by atoms with Crippen molar-refractivity contribution in [2.75, 3.05) is 7.05 Å². The Morgan fingerprint density at radius 1 is 1.36 bits per heavy atom. The average Bonchev–Trinajstić information content (AvgIpc) is 2.14. The van der Waals surface area contributed by atoms with Crippen LogP contribution < -0.4 is 5.32 Å². The predicted molar refractivity (Wildman–Crippen MR) is 53.7 cm³/mol. The van der Waals surface area contributed by atoms with Crippen LogP contribution in [0.4, 0.5) is 8.78 Å². The summed E-state index contributed by atoms with van der Waals surface area (Å²) >= 11 is 0. The first kappa shape index (κ1) is 11.1. The molecular formula is C11H15F2N. The molecule has 1 N–H and O–H groups in total. The molecule has 0 aliphatic rings. The zero-order valence-electron chi connectivity index (χ0n) is 8.43. The van der Waals surface area contributed by atoms with Gasteiger partial charge in [0.05, 0.1) is 6.04 Å². The third-order valence-electron chi connectivity index (χ3n) is 2.21. The summed E-state index contributed by atoms with van der Waals surface area (Å²) in [5, 5.41) is 2.62. The van der Waals surface area contributed by atoms with Gasteiger partial charge in [-0.05, 0) is 26.0 Å². The maximum atomic E-state index is 12.4. The molecule has 0 spiro atoms. The molecule has 0 bridgehead atoms. The van der Waals surface area contributed by atoms with Crippen molar-refractivity contribution in [2.24, 2.45) is 0 Å². The third-order valence-corrected chi connectivity index (χ3v) is 2.21. The van der Waals surface area contributed by atoms with Crippen LogP contribution in [0.5, 0.6) is 0 Å². The second kappa shape index (κ2) is 5.05. The van der Waals surface area contributed by atoms with E-state index in [0.717, 1.165) is 11.1 Å². The Hall–Kier alpha value is -0.960. The minimum absolute atomic E-state index is 0.371. The lowest BCUT2D eigenvalue weighted by Gasteiger charge is -2.15. The van der Waals surface area contributed by atoms with E-state index in [9.17, 15) is 8.78 Å². The van der Waals surface area contributed by atoms with Gasteiger partial charge in [-0.1, -0.05) is 29.8 Å². The van der Waals surface area contributed by atoms with E-state index >= 15 is 0 Å². The van der Waals surface area contributed by atoms with Gasteiger partial charge in [-0.15, -0.1) is 0 Å². The fourth-order valence-corrected chi connectivity index (χ4v) is 1.41. The smallest absolute Gasteiger partial charge is 0.254 e. The lowest BCUT2D eigenvalue weighted by atomic mass is 10.0. The van der Waals surface area contributed by atoms with Gasteiger partial charge in [0.2, 0.25) is 0 Å². The van der Waals surface area contributed by atoms with Crippen molar-refractivity contribution in [1.82, 2.24) is 5.32 Å². The van der Waals surface area contributed by atoms with Crippen LogP contribution in [0.1, 0.15) is 11.1 Å². The molecule has 14 heavy (non-hydrogen) atoms. The summed E-state index contributed by atoms with van der Waals surface area (Å²) in [6.07, 6.45) is -1.95. The van der Waals surface area contributed by atoms with Gasteiger partial charge in [-0.25, -0.2) is 8.78 Å². The number of halogens is 2. The fraction of sp³-hybridized carbons (Fsp3) is 0.455. The molecule has 0 heterocycles. The molecule has 0 saturated carbocycles. The fourth-order valence-electron chi connectivity index (χ4n) is 1.41. The molecule has 1 atom stereocenters. The predicted octanol–water partition coefficient (Wildman–Crippen LogP) is 2.39. The van der Waals surface area contributed by atoms with Crippen LogP contribution in [0.25, 0.3) is 0 Å². The number of rotatable bonds is 4. The van der Waals surface area contributed by atoms with Crippen molar-refractivity contribution in [3.63, 3.8) is 0 Å². The topological polar surface area (TPSA) is 12.0 Å². The Kier molecular flexibility index (Phi) is 4.01. The van der Waals surface area contributed by atoms with Gasteiger partial charge in [-0.2, -0.15) is 0 Å². The molecule has 3 heteroatoms. The number of benzene rings is 1. The highest BCUT2D eigenvalue weighted by atomic mass is 19.3. The van der Waals surface area contributed by atoms with E-state index in [4.69, 9.17) is 0 Å². The maximum Gasteiger partial charge on any atom is 0.254 e. The van der Waals surface area contributed by atoms with Gasteiger partial charge in [-0.3, -0.25) is 0 Å². The van der Waals surface area contributed by atoms with Gasteiger partial charge in [0.1, 0.15) is 0 Å². The molecule has 0 amide bonds. The molecular weight excluding hydrogens is 184 g/mol. The van der Waals surface area contributed by atoms with E-state index in [-0.39, 0.29) is 0 Å². The van der Waals surface area contributed by atoms with E-state index < -0.39 is 12.5 Å². The molecule has 1 aromatic rings. The first-order chi connectivity index (χ1) is 6.63. The molecule has 1 rings (SSSR count). The molecule has 0 radical (unpaired) electrons. The van der Waals surface area contributed by atoms with Crippen molar-refractivity contribution >= 4 is 0 Å². The van der Waals surface area contributed by atoms with Crippen LogP contribution in [0, 0.1) is 6.92 Å². The lowest BCUT2D eigenvalue weighted by Crippen LogP contribution is -2.34. The van der Waals surface area contributed by atoms with Crippen LogP contribution in [0.3, 0.4) is 0 Å². The largest absolute Gasteiger partial charge is 0.312 e. The molecule has 78 valence electrons. The molecule has 0 saturated heterocycles. The summed E-state index contributed by atoms with van der Waals surface area (Å²) in [4.78, 5) is 0. The highest BCUT2D eigenvalue weighted by molar-refractivity contribution is 5.23. The Morgan fingerprint density at radius 3 is 2.57 bits per heavy atom. The number of hydrogen-bond donors (Lipinski definition) is 1. The van der Waals surface area contributed by atoms with Gasteiger partial charge in [0, 0.05) is 0 Å². The van der Waals surface area contributed by atoms with Crippen LogP contribution in [0.2, 0.25) is 0 Å². The van der Waals surface area contributed by atoms with Crippen LogP contribution in [-0.4, -0.2) is 19.5 Å². The summed E-state index contributed by atoms with van der Waals surface area (Å²) in [5.74, 6) is 0. The SMILES string of the molecule is CNC(Cc1cccc(C)c1)C(F)F. The van der Waals surface area contributed by atoms with E-state index in [2.05, 4.69) is 5.32 Å². The van der Waals surface area contributed by atoms with Crippen LogP contribution >= 0.6 is 0 Å². The van der Waals surface area contributed by atoms with Gasteiger partial charge < -0.3 is 5.32 Å². The molecule has 1 aromatic carbocycles. The monoisotopic (exact) mass is 199 g/mol. The van der Waals surface area contributed by atoms with E-state index in [0.29, 0.717) is 6.42 Å². The molecule has 1 nitrogen and oxygen atoms in total. The quantitative estimate of drug-likeness (QED) is 0.785. The zero-order chi connectivity index (χ0) is 10.6. The standard InChI is InChI=1S/C11H15F2N/c1-8-4-3-5-9(6-8)7-10(14-2)11(12)13/h3-6,10-11,14H,7H2,1-2H3. The molecule has 0 aliphatic carbocycles. The Labute approximate surface area is 83.1 Å². The van der Waals surface area contributed by atoms with Crippen molar-refractivity contribution in [3.8, 4) is 0 Å². The second-order valence-electron chi connectivity index (χ2n) is 3.42. The maximum absolute atomic E-state index is 12.4. The first-order valence-corrected chi connectivity index (χ1v) is 4.64. The lowest BCUT2D eigenvalue weighted by molar-refractivity contribution is 0.102.